The Morgan fingerprint density at radius 1 is 1.10 bits per heavy atom. The van der Waals surface area contributed by atoms with Crippen molar-refractivity contribution >= 4 is 23.2 Å². The molecule has 0 saturated carbocycles. The van der Waals surface area contributed by atoms with Gasteiger partial charge >= 0.3 is 0 Å². The average molecular weight is 308 g/mol. The van der Waals surface area contributed by atoms with Gasteiger partial charge in [0, 0.05) is 12.0 Å². The molecule has 1 nitrogen and oxygen atoms in total. The van der Waals surface area contributed by atoms with Gasteiger partial charge in [0.2, 0.25) is 0 Å². The highest BCUT2D eigenvalue weighted by atomic mass is 35.5. The second-order valence-electron chi connectivity index (χ2n) is 5.20. The van der Waals surface area contributed by atoms with Crippen LogP contribution >= 0.6 is 23.2 Å². The maximum Gasteiger partial charge on any atom is 0.0623 e. The van der Waals surface area contributed by atoms with Gasteiger partial charge in [-0.15, -0.1) is 0 Å². The van der Waals surface area contributed by atoms with Crippen molar-refractivity contribution in [1.29, 1.82) is 0 Å². The third-order valence-corrected chi connectivity index (χ3v) is 4.86. The fourth-order valence-corrected chi connectivity index (χ4v) is 3.40. The normalized spacial score (nSPS) is 22.2. The van der Waals surface area contributed by atoms with E-state index in [1.54, 1.807) is 0 Å². The van der Waals surface area contributed by atoms with Gasteiger partial charge in [0.05, 0.1) is 11.4 Å². The van der Waals surface area contributed by atoms with E-state index in [1.807, 2.05) is 31.3 Å². The van der Waals surface area contributed by atoms with Gasteiger partial charge < -0.3 is 5.32 Å². The lowest BCUT2D eigenvalue weighted by Crippen LogP contribution is -2.24. The van der Waals surface area contributed by atoms with Crippen LogP contribution in [-0.4, -0.2) is 7.05 Å². The predicted octanol–water partition coefficient (Wildman–Crippen LogP) is 5.18. The van der Waals surface area contributed by atoms with Crippen LogP contribution in [0.5, 0.6) is 0 Å². The van der Waals surface area contributed by atoms with Gasteiger partial charge in [-0.25, -0.2) is 0 Å². The molecule has 2 aromatic rings. The highest BCUT2D eigenvalue weighted by Gasteiger charge is 2.27. The molecule has 1 N–H and O–H groups in total. The summed E-state index contributed by atoms with van der Waals surface area (Å²) < 4.78 is 7.87. The Hall–Kier alpha value is -1.02. The zero-order chi connectivity index (χ0) is 15.0. The van der Waals surface area contributed by atoms with Crippen LogP contribution in [0.2, 0.25) is 10.0 Å². The molecule has 0 radical (unpaired) electrons. The van der Waals surface area contributed by atoms with E-state index in [2.05, 4.69) is 17.4 Å². The minimum absolute atomic E-state index is 0.319. The molecule has 1 aliphatic rings. The van der Waals surface area contributed by atoms with Crippen molar-refractivity contribution in [3.8, 4) is 0 Å². The van der Waals surface area contributed by atoms with Gasteiger partial charge in [-0.1, -0.05) is 53.5 Å². The number of benzene rings is 2. The maximum absolute atomic E-state index is 7.87. The Morgan fingerprint density at radius 3 is 2.70 bits per heavy atom. The van der Waals surface area contributed by atoms with Gasteiger partial charge in [0.25, 0.3) is 0 Å². The van der Waals surface area contributed by atoms with Gasteiger partial charge in [-0.3, -0.25) is 0 Å². The summed E-state index contributed by atoms with van der Waals surface area (Å²) in [7, 11) is 1.98. The number of rotatable bonds is 2. The molecule has 3 heteroatoms. The van der Waals surface area contributed by atoms with E-state index >= 15 is 0 Å². The minimum Gasteiger partial charge on any atom is -0.313 e. The largest absolute Gasteiger partial charge is 0.313 e. The highest BCUT2D eigenvalue weighted by molar-refractivity contribution is 6.42. The second kappa shape index (κ2) is 5.77. The van der Waals surface area contributed by atoms with E-state index in [0.29, 0.717) is 28.0 Å². The molecule has 0 bridgehead atoms. The smallest absolute Gasteiger partial charge is 0.0623 e. The van der Waals surface area contributed by atoms with Crippen LogP contribution in [0, 0.1) is 0 Å². The van der Waals surface area contributed by atoms with E-state index in [-0.39, 0.29) is 0 Å². The molecule has 0 spiro atoms. The molecule has 2 atom stereocenters. The summed E-state index contributed by atoms with van der Waals surface area (Å²) in [4.78, 5) is 0. The third-order valence-electron chi connectivity index (χ3n) is 4.12. The average Bonchev–Trinajstić information content (AvgIpc) is 2.49. The number of hydrogen-bond donors (Lipinski definition) is 1. The number of nitrogens with one attached hydrogen (secondary N) is 1. The highest BCUT2D eigenvalue weighted by Crippen LogP contribution is 2.42. The molecule has 0 amide bonds. The van der Waals surface area contributed by atoms with Crippen LogP contribution in [-0.2, 0) is 0 Å². The summed E-state index contributed by atoms with van der Waals surface area (Å²) in [5.74, 6) is 0.319. The van der Waals surface area contributed by atoms with Crippen LogP contribution in [0.15, 0.2) is 42.4 Å². The zero-order valence-electron chi connectivity index (χ0n) is 12.3. The third kappa shape index (κ3) is 2.46. The predicted molar refractivity (Wildman–Crippen MR) is 85.8 cm³/mol. The van der Waals surface area contributed by atoms with Crippen LogP contribution in [0.1, 0.15) is 42.9 Å². The topological polar surface area (TPSA) is 12.0 Å². The van der Waals surface area contributed by atoms with Gasteiger partial charge in [-0.2, -0.15) is 0 Å². The summed E-state index contributed by atoms with van der Waals surface area (Å²) in [5, 5.41) is 4.54. The molecule has 2 aromatic carbocycles. The monoisotopic (exact) mass is 307 g/mol. The van der Waals surface area contributed by atoms with Crippen molar-refractivity contribution in [1.82, 2.24) is 5.32 Å². The number of fused-ring (bicyclic) bond motifs is 1. The van der Waals surface area contributed by atoms with Crippen LogP contribution < -0.4 is 5.32 Å². The molecule has 20 heavy (non-hydrogen) atoms. The van der Waals surface area contributed by atoms with Crippen molar-refractivity contribution in [2.75, 3.05) is 7.05 Å². The first-order valence-electron chi connectivity index (χ1n) is 7.33. The first kappa shape index (κ1) is 12.7. The van der Waals surface area contributed by atoms with Crippen molar-refractivity contribution in [3.63, 3.8) is 0 Å². The molecule has 0 aromatic heterocycles. The summed E-state index contributed by atoms with van der Waals surface area (Å²) in [6.07, 6.45) is 2.12. The first-order valence-corrected chi connectivity index (χ1v) is 7.58. The van der Waals surface area contributed by atoms with E-state index in [9.17, 15) is 0 Å². The summed E-state index contributed by atoms with van der Waals surface area (Å²) in [6.45, 7) is 0. The number of halogens is 2. The molecular weight excluding hydrogens is 289 g/mol. The lowest BCUT2D eigenvalue weighted by molar-refractivity contribution is 0.471. The molecule has 1 aliphatic carbocycles. The van der Waals surface area contributed by atoms with Crippen molar-refractivity contribution in [3.05, 3.63) is 69.2 Å². The summed E-state index contributed by atoms with van der Waals surface area (Å²) in [5.41, 5.74) is 3.71. The van der Waals surface area contributed by atoms with E-state index in [0.717, 1.165) is 12.8 Å². The SMILES string of the molecule is [3H]c1ccc2c(c1)[C@@H](NC)CC[C@H]2c1ccc(Cl)c(Cl)c1. The Morgan fingerprint density at radius 2 is 1.95 bits per heavy atom. The fourth-order valence-electron chi connectivity index (χ4n) is 3.09. The zero-order valence-corrected chi connectivity index (χ0v) is 12.8. The molecule has 0 aliphatic heterocycles. The van der Waals surface area contributed by atoms with E-state index in [1.165, 1.54) is 16.7 Å². The maximum atomic E-state index is 7.87. The number of hydrogen-bond acceptors (Lipinski definition) is 1. The standard InChI is InChI=1S/C17H17Cl2N/c1-20-17-9-7-12(13-4-2-3-5-14(13)17)11-6-8-15(18)16(19)10-11/h2-6,8,10,12,17,20H,7,9H2,1H3/t12-,17-/m0/s1/i3T. The van der Waals surface area contributed by atoms with Crippen molar-refractivity contribution in [2.45, 2.75) is 24.8 Å². The summed E-state index contributed by atoms with van der Waals surface area (Å²) >= 11 is 12.2. The molecule has 0 saturated heterocycles. The van der Waals surface area contributed by atoms with Crippen molar-refractivity contribution < 1.29 is 1.37 Å². The Labute approximate surface area is 131 Å². The fraction of sp³-hybridized carbons (Fsp3) is 0.294. The minimum atomic E-state index is 0.319. The Balaban J connectivity index is 2.07. The molecule has 0 unspecified atom stereocenters. The first-order chi connectivity index (χ1) is 10.1. The van der Waals surface area contributed by atoms with E-state index in [4.69, 9.17) is 24.6 Å². The lowest BCUT2D eigenvalue weighted by atomic mass is 9.77. The van der Waals surface area contributed by atoms with Gasteiger partial charge in [0.15, 0.2) is 0 Å². The Bertz CT molecular complexity index is 672. The van der Waals surface area contributed by atoms with Crippen LogP contribution in [0.3, 0.4) is 0 Å². The van der Waals surface area contributed by atoms with Gasteiger partial charge in [-0.05, 0) is 48.7 Å². The van der Waals surface area contributed by atoms with Crippen LogP contribution in [0.25, 0.3) is 0 Å². The summed E-state index contributed by atoms with van der Waals surface area (Å²) in [6, 6.07) is 12.7. The molecular formula is C17H17Cl2N. The molecule has 0 fully saturated rings. The quantitative estimate of drug-likeness (QED) is 0.806. The second-order valence-corrected chi connectivity index (χ2v) is 6.01. The molecule has 0 heterocycles. The van der Waals surface area contributed by atoms with E-state index < -0.39 is 0 Å². The molecule has 3 rings (SSSR count). The molecule has 104 valence electrons. The van der Waals surface area contributed by atoms with Crippen molar-refractivity contribution in [2.24, 2.45) is 0 Å². The lowest BCUT2D eigenvalue weighted by Gasteiger charge is -2.32. The Kier molecular flexibility index (Phi) is 3.66. The van der Waals surface area contributed by atoms with Crippen LogP contribution in [0.4, 0.5) is 0 Å². The van der Waals surface area contributed by atoms with Gasteiger partial charge in [0.1, 0.15) is 0 Å².